The van der Waals surface area contributed by atoms with Crippen LogP contribution < -0.4 is 0 Å². The summed E-state index contributed by atoms with van der Waals surface area (Å²) in [5, 5.41) is 23.9. The molecule has 0 aromatic heterocycles. The van der Waals surface area contributed by atoms with Crippen LogP contribution in [0.5, 0.6) is 0 Å². The standard InChI is InChI=1S/C15H22N2O2/c1-3-4-5-6-7-13-8-10-14(11-9-13)15(17-19)12(2)16-18/h8-11,18-19H,3-7H2,1-2H3/b16-12-,17-15+. The van der Waals surface area contributed by atoms with Crippen molar-refractivity contribution in [2.75, 3.05) is 0 Å². The second kappa shape index (κ2) is 8.29. The molecule has 1 rings (SSSR count). The van der Waals surface area contributed by atoms with Gasteiger partial charge in [0.2, 0.25) is 0 Å². The topological polar surface area (TPSA) is 65.2 Å². The molecule has 4 heteroatoms. The summed E-state index contributed by atoms with van der Waals surface area (Å²) in [7, 11) is 0. The smallest absolute Gasteiger partial charge is 0.134 e. The Hall–Kier alpha value is -1.84. The van der Waals surface area contributed by atoms with Crippen molar-refractivity contribution >= 4 is 11.4 Å². The normalized spacial score (nSPS) is 12.7. The highest BCUT2D eigenvalue weighted by atomic mass is 16.4. The molecule has 104 valence electrons. The maximum absolute atomic E-state index is 8.95. The number of rotatable bonds is 7. The van der Waals surface area contributed by atoms with E-state index in [1.807, 2.05) is 24.3 Å². The predicted molar refractivity (Wildman–Crippen MR) is 77.5 cm³/mol. The van der Waals surface area contributed by atoms with Crippen LogP contribution in [0.25, 0.3) is 0 Å². The molecule has 0 atom stereocenters. The third kappa shape index (κ3) is 4.73. The van der Waals surface area contributed by atoms with Crippen LogP contribution in [0, 0.1) is 0 Å². The summed E-state index contributed by atoms with van der Waals surface area (Å²) < 4.78 is 0. The molecular weight excluding hydrogens is 240 g/mol. The molecule has 0 spiro atoms. The second-order valence-corrected chi connectivity index (χ2v) is 4.64. The Morgan fingerprint density at radius 1 is 1.00 bits per heavy atom. The summed E-state index contributed by atoms with van der Waals surface area (Å²) >= 11 is 0. The molecule has 4 nitrogen and oxygen atoms in total. The van der Waals surface area contributed by atoms with Crippen molar-refractivity contribution in [1.29, 1.82) is 0 Å². The highest BCUT2D eigenvalue weighted by Crippen LogP contribution is 2.11. The maximum atomic E-state index is 8.95. The number of hydrogen-bond donors (Lipinski definition) is 2. The van der Waals surface area contributed by atoms with Gasteiger partial charge in [0.25, 0.3) is 0 Å². The summed E-state index contributed by atoms with van der Waals surface area (Å²) in [5.74, 6) is 0. The van der Waals surface area contributed by atoms with Crippen molar-refractivity contribution < 1.29 is 10.4 Å². The highest BCUT2D eigenvalue weighted by molar-refractivity contribution is 6.47. The van der Waals surface area contributed by atoms with Gasteiger partial charge in [0, 0.05) is 5.56 Å². The van der Waals surface area contributed by atoms with Crippen LogP contribution in [0.4, 0.5) is 0 Å². The molecule has 0 radical (unpaired) electrons. The van der Waals surface area contributed by atoms with E-state index < -0.39 is 0 Å². The van der Waals surface area contributed by atoms with Crippen LogP contribution in [0.3, 0.4) is 0 Å². The first kappa shape index (κ1) is 15.2. The first-order chi connectivity index (χ1) is 9.22. The summed E-state index contributed by atoms with van der Waals surface area (Å²) in [6.07, 6.45) is 6.06. The van der Waals surface area contributed by atoms with Crippen LogP contribution in [0.1, 0.15) is 50.7 Å². The lowest BCUT2D eigenvalue weighted by atomic mass is 10.0. The molecule has 19 heavy (non-hydrogen) atoms. The molecule has 0 aliphatic heterocycles. The van der Waals surface area contributed by atoms with E-state index in [1.165, 1.54) is 31.2 Å². The lowest BCUT2D eigenvalue weighted by Gasteiger charge is -2.05. The van der Waals surface area contributed by atoms with Gasteiger partial charge in [0.1, 0.15) is 11.4 Å². The van der Waals surface area contributed by atoms with Crippen molar-refractivity contribution in [2.24, 2.45) is 10.3 Å². The average molecular weight is 262 g/mol. The number of oxime groups is 2. The number of aryl methyl sites for hydroxylation is 1. The fourth-order valence-electron chi connectivity index (χ4n) is 1.97. The molecule has 1 aromatic rings. The Morgan fingerprint density at radius 3 is 2.21 bits per heavy atom. The molecule has 0 bridgehead atoms. The summed E-state index contributed by atoms with van der Waals surface area (Å²) in [6, 6.07) is 7.83. The third-order valence-electron chi connectivity index (χ3n) is 3.14. The molecule has 0 aliphatic rings. The molecular formula is C15H22N2O2. The zero-order chi connectivity index (χ0) is 14.1. The van der Waals surface area contributed by atoms with E-state index in [2.05, 4.69) is 17.2 Å². The van der Waals surface area contributed by atoms with Crippen LogP contribution in [-0.4, -0.2) is 21.8 Å². The monoisotopic (exact) mass is 262 g/mol. The minimum atomic E-state index is 0.290. The van der Waals surface area contributed by atoms with Crippen molar-refractivity contribution in [3.8, 4) is 0 Å². The largest absolute Gasteiger partial charge is 0.411 e. The van der Waals surface area contributed by atoms with Gasteiger partial charge >= 0.3 is 0 Å². The Morgan fingerprint density at radius 2 is 1.68 bits per heavy atom. The van der Waals surface area contributed by atoms with Gasteiger partial charge in [0.05, 0.1) is 0 Å². The van der Waals surface area contributed by atoms with Gasteiger partial charge in [0.15, 0.2) is 0 Å². The summed E-state index contributed by atoms with van der Waals surface area (Å²) in [5.41, 5.74) is 2.60. The van der Waals surface area contributed by atoms with Crippen molar-refractivity contribution in [1.82, 2.24) is 0 Å². The van der Waals surface area contributed by atoms with Gasteiger partial charge < -0.3 is 10.4 Å². The van der Waals surface area contributed by atoms with Crippen molar-refractivity contribution in [3.63, 3.8) is 0 Å². The van der Waals surface area contributed by atoms with E-state index in [4.69, 9.17) is 10.4 Å². The zero-order valence-corrected chi connectivity index (χ0v) is 11.6. The molecule has 0 amide bonds. The third-order valence-corrected chi connectivity index (χ3v) is 3.14. The van der Waals surface area contributed by atoms with E-state index >= 15 is 0 Å². The van der Waals surface area contributed by atoms with Gasteiger partial charge in [-0.2, -0.15) is 0 Å². The van der Waals surface area contributed by atoms with Gasteiger partial charge in [-0.1, -0.05) is 60.8 Å². The molecule has 1 aromatic carbocycles. The maximum Gasteiger partial charge on any atom is 0.134 e. The molecule has 0 saturated carbocycles. The molecule has 0 saturated heterocycles. The number of unbranched alkanes of at least 4 members (excludes halogenated alkanes) is 3. The van der Waals surface area contributed by atoms with Crippen LogP contribution in [0.2, 0.25) is 0 Å². The van der Waals surface area contributed by atoms with Gasteiger partial charge in [-0.3, -0.25) is 0 Å². The zero-order valence-electron chi connectivity index (χ0n) is 11.6. The molecule has 0 aliphatic carbocycles. The lowest BCUT2D eigenvalue weighted by Crippen LogP contribution is -2.12. The second-order valence-electron chi connectivity index (χ2n) is 4.64. The first-order valence-corrected chi connectivity index (χ1v) is 6.73. The van der Waals surface area contributed by atoms with Gasteiger partial charge in [-0.15, -0.1) is 0 Å². The molecule has 0 unspecified atom stereocenters. The van der Waals surface area contributed by atoms with Crippen molar-refractivity contribution in [3.05, 3.63) is 35.4 Å². The number of hydrogen-bond acceptors (Lipinski definition) is 4. The van der Waals surface area contributed by atoms with Gasteiger partial charge in [-0.05, 0) is 25.3 Å². The Balaban J connectivity index is 2.65. The van der Waals surface area contributed by atoms with E-state index in [0.717, 1.165) is 12.0 Å². The van der Waals surface area contributed by atoms with Crippen molar-refractivity contribution in [2.45, 2.75) is 46.0 Å². The number of benzene rings is 1. The molecule has 0 fully saturated rings. The minimum absolute atomic E-state index is 0.290. The van der Waals surface area contributed by atoms with E-state index in [9.17, 15) is 0 Å². The van der Waals surface area contributed by atoms with Crippen LogP contribution in [-0.2, 0) is 6.42 Å². The highest BCUT2D eigenvalue weighted by Gasteiger charge is 2.08. The fourth-order valence-corrected chi connectivity index (χ4v) is 1.97. The minimum Gasteiger partial charge on any atom is -0.411 e. The molecule has 0 heterocycles. The van der Waals surface area contributed by atoms with E-state index in [1.54, 1.807) is 6.92 Å². The average Bonchev–Trinajstić information content (AvgIpc) is 2.45. The predicted octanol–water partition coefficient (Wildman–Crippen LogP) is 3.84. The fraction of sp³-hybridized carbons (Fsp3) is 0.467. The van der Waals surface area contributed by atoms with Crippen LogP contribution in [0.15, 0.2) is 34.6 Å². The SMILES string of the molecule is CCCCCCc1ccc(C(=N/O)/C(C)=N\O)cc1. The lowest BCUT2D eigenvalue weighted by molar-refractivity contribution is 0.314. The first-order valence-electron chi connectivity index (χ1n) is 6.73. The van der Waals surface area contributed by atoms with Gasteiger partial charge in [-0.25, -0.2) is 0 Å². The Bertz CT molecular complexity index is 436. The Labute approximate surface area is 114 Å². The summed E-state index contributed by atoms with van der Waals surface area (Å²) in [4.78, 5) is 0. The Kier molecular flexibility index (Phi) is 6.64. The van der Waals surface area contributed by atoms with E-state index in [0.29, 0.717) is 5.71 Å². The van der Waals surface area contributed by atoms with E-state index in [-0.39, 0.29) is 5.71 Å². The quantitative estimate of drug-likeness (QED) is 0.339. The number of nitrogens with zero attached hydrogens (tertiary/aromatic N) is 2. The van der Waals surface area contributed by atoms with Crippen LogP contribution >= 0.6 is 0 Å². The molecule has 2 N–H and O–H groups in total. The summed E-state index contributed by atoms with van der Waals surface area (Å²) in [6.45, 7) is 3.79.